The van der Waals surface area contributed by atoms with Gasteiger partial charge in [-0.15, -0.1) is 0 Å². The quantitative estimate of drug-likeness (QED) is 0.138. The Labute approximate surface area is 536 Å². The number of hydrogen-bond donors (Lipinski definition) is 0. The molecule has 0 atom stereocenters. The van der Waals surface area contributed by atoms with E-state index in [-0.39, 0.29) is 32.5 Å². The van der Waals surface area contributed by atoms with Crippen molar-refractivity contribution in [3.8, 4) is 50.2 Å². The lowest BCUT2D eigenvalue weighted by Gasteiger charge is -2.33. The van der Waals surface area contributed by atoms with Crippen LogP contribution in [0.5, 0.6) is 0 Å². The molecule has 0 spiro atoms. The fourth-order valence-electron chi connectivity index (χ4n) is 13.6. The Hall–Kier alpha value is -8.72. The van der Waals surface area contributed by atoms with Crippen LogP contribution in [0, 0.1) is 0 Å². The molecule has 0 aliphatic carbocycles. The van der Waals surface area contributed by atoms with Gasteiger partial charge in [0.25, 0.3) is 0 Å². The number of anilines is 3. The molecule has 0 N–H and O–H groups in total. The zero-order valence-electron chi connectivity index (χ0n) is 56.7. The summed E-state index contributed by atoms with van der Waals surface area (Å²) in [6.45, 7) is 42.2. The molecule has 0 bridgehead atoms. The number of nitrogens with zero attached hydrogens (tertiary/aromatic N) is 2. The lowest BCUT2D eigenvalue weighted by molar-refractivity contribution is 0.568. The molecule has 1 aromatic heterocycles. The maximum atomic E-state index is 2.64. The Morgan fingerprint density at radius 1 is 0.244 bits per heavy atom. The van der Waals surface area contributed by atoms with Gasteiger partial charge in [-0.05, 0) is 163 Å². The zero-order valence-corrected chi connectivity index (χ0v) is 56.7. The predicted octanol–water partition coefficient (Wildman–Crippen LogP) is 25.6. The van der Waals surface area contributed by atoms with Gasteiger partial charge in [-0.2, -0.15) is 0 Å². The average molecular weight is 1180 g/mol. The molecule has 13 rings (SSSR count). The van der Waals surface area contributed by atoms with Gasteiger partial charge < -0.3 is 9.47 Å². The second kappa shape index (κ2) is 21.5. The van der Waals surface area contributed by atoms with Gasteiger partial charge in [0.1, 0.15) is 0 Å². The van der Waals surface area contributed by atoms with Crippen molar-refractivity contribution >= 4 is 71.2 Å². The van der Waals surface area contributed by atoms with Crippen LogP contribution in [0.1, 0.15) is 158 Å². The van der Waals surface area contributed by atoms with E-state index in [1.165, 1.54) is 127 Å². The third kappa shape index (κ3) is 10.9. The van der Waals surface area contributed by atoms with Gasteiger partial charge in [0.05, 0.1) is 33.8 Å². The molecular weight excluding hydrogens is 1080 g/mol. The summed E-state index contributed by atoms with van der Waals surface area (Å²) < 4.78 is 2.49. The maximum Gasteiger partial charge on any atom is 0.0543 e. The van der Waals surface area contributed by atoms with Crippen LogP contribution >= 0.6 is 0 Å². The number of aromatic nitrogens is 1. The molecule has 12 aromatic carbocycles. The normalized spacial score (nSPS) is 13.0. The molecule has 452 valence electrons. The van der Waals surface area contributed by atoms with Crippen molar-refractivity contribution in [2.75, 3.05) is 4.90 Å². The molecule has 0 aliphatic rings. The molecule has 13 aromatic rings. The molecule has 2 nitrogen and oxygen atoms in total. The summed E-state index contributed by atoms with van der Waals surface area (Å²) in [5, 5.41) is 9.95. The van der Waals surface area contributed by atoms with Gasteiger partial charge >= 0.3 is 0 Å². The molecule has 0 saturated carbocycles. The van der Waals surface area contributed by atoms with Crippen LogP contribution in [0.3, 0.4) is 0 Å². The molecule has 1 heterocycles. The highest BCUT2D eigenvalue weighted by molar-refractivity contribution is 6.28. The van der Waals surface area contributed by atoms with Crippen LogP contribution < -0.4 is 4.90 Å². The second-order valence-electron chi connectivity index (χ2n) is 32.0. The van der Waals surface area contributed by atoms with Crippen LogP contribution in [0.15, 0.2) is 218 Å². The number of para-hydroxylation sites is 3. The van der Waals surface area contributed by atoms with Gasteiger partial charge in [0.2, 0.25) is 0 Å². The van der Waals surface area contributed by atoms with Crippen molar-refractivity contribution in [3.63, 3.8) is 0 Å². The minimum absolute atomic E-state index is 0.00399. The molecular formula is C88H90N2. The van der Waals surface area contributed by atoms with Gasteiger partial charge in [0, 0.05) is 32.7 Å². The zero-order chi connectivity index (χ0) is 63.8. The predicted molar refractivity (Wildman–Crippen MR) is 393 cm³/mol. The Morgan fingerprint density at radius 2 is 0.644 bits per heavy atom. The highest BCUT2D eigenvalue weighted by Crippen LogP contribution is 2.52. The first kappa shape index (κ1) is 60.2. The molecule has 2 heteroatoms. The molecule has 0 radical (unpaired) electrons. The minimum Gasteiger partial charge on any atom is -0.309 e. The number of benzene rings is 12. The summed E-state index contributed by atoms with van der Waals surface area (Å²) >= 11 is 0. The van der Waals surface area contributed by atoms with Crippen LogP contribution in [-0.2, 0) is 32.5 Å². The molecule has 90 heavy (non-hydrogen) atoms. The first-order valence-electron chi connectivity index (χ1n) is 32.7. The minimum atomic E-state index is -0.160. The molecule has 0 unspecified atom stereocenters. The third-order valence-corrected chi connectivity index (χ3v) is 19.2. The van der Waals surface area contributed by atoms with Crippen molar-refractivity contribution in [2.24, 2.45) is 0 Å². The molecule has 0 amide bonds. The smallest absolute Gasteiger partial charge is 0.0543 e. The fourth-order valence-corrected chi connectivity index (χ4v) is 13.6. The Balaban J connectivity index is 1.10. The topological polar surface area (TPSA) is 8.17 Å². The highest BCUT2D eigenvalue weighted by atomic mass is 15.1. The summed E-state index contributed by atoms with van der Waals surface area (Å²) in [6.07, 6.45) is 0. The number of fused-ring (bicyclic) bond motifs is 3. The highest BCUT2D eigenvalue weighted by Gasteiger charge is 2.30. The van der Waals surface area contributed by atoms with E-state index in [0.717, 1.165) is 28.2 Å². The van der Waals surface area contributed by atoms with Gasteiger partial charge in [-0.25, -0.2) is 0 Å². The number of rotatable bonds is 8. The Kier molecular flexibility index (Phi) is 14.4. The van der Waals surface area contributed by atoms with Gasteiger partial charge in [0.15, 0.2) is 0 Å². The van der Waals surface area contributed by atoms with Crippen LogP contribution in [-0.4, -0.2) is 4.57 Å². The summed E-state index contributed by atoms with van der Waals surface area (Å²) in [4.78, 5) is 2.64. The maximum absolute atomic E-state index is 2.64. The Bertz CT molecular complexity index is 4800. The summed E-state index contributed by atoms with van der Waals surface area (Å²) in [5.74, 6) is 0. The monoisotopic (exact) mass is 1170 g/mol. The van der Waals surface area contributed by atoms with Crippen molar-refractivity contribution in [2.45, 2.75) is 157 Å². The van der Waals surface area contributed by atoms with Crippen LogP contribution in [0.2, 0.25) is 0 Å². The third-order valence-electron chi connectivity index (χ3n) is 19.2. The van der Waals surface area contributed by atoms with Crippen molar-refractivity contribution < 1.29 is 0 Å². The lowest BCUT2D eigenvalue weighted by Crippen LogP contribution is -2.17. The van der Waals surface area contributed by atoms with Gasteiger partial charge in [-0.1, -0.05) is 301 Å². The Morgan fingerprint density at radius 3 is 1.18 bits per heavy atom. The summed E-state index contributed by atoms with van der Waals surface area (Å²) in [6, 6.07) is 84.7. The van der Waals surface area contributed by atoms with E-state index in [2.05, 4.69) is 352 Å². The fraction of sp³-hybridized carbons (Fsp3) is 0.273. The second-order valence-corrected chi connectivity index (χ2v) is 32.0. The first-order valence-corrected chi connectivity index (χ1v) is 32.7. The molecule has 0 fully saturated rings. The van der Waals surface area contributed by atoms with Crippen LogP contribution in [0.4, 0.5) is 17.1 Å². The molecule has 0 aliphatic heterocycles. The largest absolute Gasteiger partial charge is 0.309 e. The SMILES string of the molecule is CC(C)(C)c1cc(-c2cc(C(C)(C)C)cc(C(C)(C)C)c2)cc(-c2ccc(C(C)(C)C)cc2N(c2ccccc2-c2ccc(-c3cc(C(C)(C)C)cc(C(C)(C)C)c3)cc2)c2ccc3ccc4c(-n5c6ccccc6c6ccccc65)ccc5ccc2c3c54)c1. The first-order chi connectivity index (χ1) is 42.4. The van der Waals surface area contributed by atoms with Crippen molar-refractivity contribution in [3.05, 3.63) is 252 Å². The van der Waals surface area contributed by atoms with Crippen molar-refractivity contribution in [1.82, 2.24) is 4.57 Å². The van der Waals surface area contributed by atoms with E-state index >= 15 is 0 Å². The molecule has 0 saturated heterocycles. The van der Waals surface area contributed by atoms with E-state index in [9.17, 15) is 0 Å². The van der Waals surface area contributed by atoms with Crippen LogP contribution in [0.25, 0.3) is 104 Å². The van der Waals surface area contributed by atoms with E-state index in [4.69, 9.17) is 0 Å². The lowest BCUT2D eigenvalue weighted by atomic mass is 9.78. The van der Waals surface area contributed by atoms with E-state index in [1.54, 1.807) is 0 Å². The van der Waals surface area contributed by atoms with E-state index < -0.39 is 0 Å². The van der Waals surface area contributed by atoms with E-state index in [1.807, 2.05) is 0 Å². The number of hydrogen-bond acceptors (Lipinski definition) is 1. The summed E-state index contributed by atoms with van der Waals surface area (Å²) in [5.41, 5.74) is 24.2. The van der Waals surface area contributed by atoms with E-state index in [0.29, 0.717) is 0 Å². The summed E-state index contributed by atoms with van der Waals surface area (Å²) in [7, 11) is 0. The van der Waals surface area contributed by atoms with Gasteiger partial charge in [-0.3, -0.25) is 0 Å². The average Bonchev–Trinajstić information content (AvgIpc) is 1.81. The van der Waals surface area contributed by atoms with Crippen molar-refractivity contribution in [1.29, 1.82) is 0 Å². The standard InChI is InChI=1S/C88H90N2/c1-83(2,3)63-39-42-70(62-45-59(46-64(51-62)84(4,5)6)61-49-67(87(13,14)15)53-68(50-61)88(16,17)18)80(54-63)90(75-28-22-19-25-69(75)56-33-31-55(32-34-56)60-47-65(85(7,8)9)52-66(48-60)86(10,11)12)79-44-38-58-35-40-73-78(43-37-57-36-41-74(79)82(58)81(57)73)89-76-29-23-20-26-71(76)72-27-21-24-30-77(72)89/h19-54H,1-18H3.